The maximum atomic E-state index is 10.8. The molecule has 0 aromatic heterocycles. The molecule has 3 aromatic carbocycles. The van der Waals surface area contributed by atoms with Gasteiger partial charge < -0.3 is 4.90 Å². The minimum absolute atomic E-state index is 0.0803. The van der Waals surface area contributed by atoms with E-state index in [0.717, 1.165) is 41.3 Å². The third kappa shape index (κ3) is 5.13. The number of rotatable bonds is 8. The number of nitro benzene ring substituents is 1. The number of hydrogen-bond donors (Lipinski definition) is 0. The molecule has 0 saturated heterocycles. The molecule has 0 atom stereocenters. The third-order valence-corrected chi connectivity index (χ3v) is 4.51. The molecule has 0 aliphatic rings. The largest absolute Gasteiger partial charge is 0.368 e. The summed E-state index contributed by atoms with van der Waals surface area (Å²) in [5.74, 6) is 0. The Kier molecular flexibility index (Phi) is 6.47. The van der Waals surface area contributed by atoms with Crippen molar-refractivity contribution in [2.75, 3.05) is 18.0 Å². The zero-order valence-corrected chi connectivity index (χ0v) is 16.2. The average molecular weight is 386 g/mol. The summed E-state index contributed by atoms with van der Waals surface area (Å²) in [5, 5.41) is 19.3. The van der Waals surface area contributed by atoms with Gasteiger partial charge in [0.25, 0.3) is 5.69 Å². The summed E-state index contributed by atoms with van der Waals surface area (Å²) in [5.41, 5.74) is 4.60. The maximum absolute atomic E-state index is 10.8. The van der Waals surface area contributed by atoms with E-state index in [1.165, 1.54) is 12.1 Å². The zero-order chi connectivity index (χ0) is 20.6. The predicted octanol–water partition coefficient (Wildman–Crippen LogP) is 6.69. The molecule has 3 rings (SSSR count). The minimum Gasteiger partial charge on any atom is -0.368 e. The standard InChI is InChI=1S/C23H22N4O2/c1-3-17-26(4-2)22-15-11-21(12-16-22)25-24-20-9-5-18(6-10-20)19-7-13-23(14-8-19)27(28)29/h3,5-16H,1,4,17H2,2H3. The average Bonchev–Trinajstić information content (AvgIpc) is 2.77. The van der Waals surface area contributed by atoms with Crippen LogP contribution in [0.3, 0.4) is 0 Å². The molecule has 6 nitrogen and oxygen atoms in total. The Balaban J connectivity index is 1.68. The molecule has 0 spiro atoms. The zero-order valence-electron chi connectivity index (χ0n) is 16.2. The molecular formula is C23H22N4O2. The van der Waals surface area contributed by atoms with Gasteiger partial charge in [0.05, 0.1) is 16.3 Å². The molecule has 3 aromatic rings. The Bertz CT molecular complexity index is 995. The van der Waals surface area contributed by atoms with Gasteiger partial charge in [-0.25, -0.2) is 0 Å². The van der Waals surface area contributed by atoms with Crippen LogP contribution in [0.4, 0.5) is 22.7 Å². The van der Waals surface area contributed by atoms with E-state index in [4.69, 9.17) is 0 Å². The fourth-order valence-corrected chi connectivity index (χ4v) is 2.91. The van der Waals surface area contributed by atoms with Crippen LogP contribution in [0, 0.1) is 10.1 Å². The van der Waals surface area contributed by atoms with Crippen LogP contribution in [0.1, 0.15) is 6.92 Å². The highest BCUT2D eigenvalue weighted by molar-refractivity contribution is 5.66. The molecular weight excluding hydrogens is 364 g/mol. The van der Waals surface area contributed by atoms with Crippen molar-refractivity contribution in [1.82, 2.24) is 0 Å². The van der Waals surface area contributed by atoms with Gasteiger partial charge in [0.2, 0.25) is 0 Å². The van der Waals surface area contributed by atoms with Gasteiger partial charge in [0.1, 0.15) is 0 Å². The molecule has 0 aliphatic carbocycles. The van der Waals surface area contributed by atoms with Crippen LogP contribution < -0.4 is 4.90 Å². The first kappa shape index (κ1) is 19.9. The normalized spacial score (nSPS) is 10.8. The van der Waals surface area contributed by atoms with Crippen LogP contribution in [0.15, 0.2) is 95.7 Å². The molecule has 0 radical (unpaired) electrons. The molecule has 0 amide bonds. The first-order valence-electron chi connectivity index (χ1n) is 9.33. The topological polar surface area (TPSA) is 71.1 Å². The lowest BCUT2D eigenvalue weighted by molar-refractivity contribution is -0.384. The second-order valence-corrected chi connectivity index (χ2v) is 6.39. The number of azo groups is 1. The summed E-state index contributed by atoms with van der Waals surface area (Å²) in [6.07, 6.45) is 1.89. The summed E-state index contributed by atoms with van der Waals surface area (Å²) in [6.45, 7) is 7.61. The SMILES string of the molecule is C=CCN(CC)c1ccc(N=Nc2ccc(-c3ccc([N+](=O)[O-])cc3)cc2)cc1. The van der Waals surface area contributed by atoms with Crippen LogP contribution in [0.25, 0.3) is 11.1 Å². The Labute approximate surface area is 170 Å². The van der Waals surface area contributed by atoms with E-state index >= 15 is 0 Å². The number of benzene rings is 3. The molecule has 0 N–H and O–H groups in total. The van der Waals surface area contributed by atoms with E-state index < -0.39 is 4.92 Å². The van der Waals surface area contributed by atoms with Gasteiger partial charge >= 0.3 is 0 Å². The third-order valence-electron chi connectivity index (χ3n) is 4.51. The van der Waals surface area contributed by atoms with Crippen molar-refractivity contribution in [3.63, 3.8) is 0 Å². The summed E-state index contributed by atoms with van der Waals surface area (Å²) in [7, 11) is 0. The number of anilines is 1. The molecule has 0 saturated carbocycles. The summed E-state index contributed by atoms with van der Waals surface area (Å²) >= 11 is 0. The van der Waals surface area contributed by atoms with Gasteiger partial charge in [0.15, 0.2) is 0 Å². The van der Waals surface area contributed by atoms with Gasteiger partial charge in [-0.2, -0.15) is 10.2 Å². The highest BCUT2D eigenvalue weighted by atomic mass is 16.6. The number of likely N-dealkylation sites (N-methyl/N-ethyl adjacent to an activating group) is 1. The second-order valence-electron chi connectivity index (χ2n) is 6.39. The molecule has 6 heteroatoms. The Morgan fingerprint density at radius 1 is 0.897 bits per heavy atom. The first-order valence-corrected chi connectivity index (χ1v) is 9.33. The van der Waals surface area contributed by atoms with Crippen LogP contribution >= 0.6 is 0 Å². The number of nitrogens with zero attached hydrogens (tertiary/aromatic N) is 4. The first-order chi connectivity index (χ1) is 14.1. The van der Waals surface area contributed by atoms with E-state index in [0.29, 0.717) is 0 Å². The van der Waals surface area contributed by atoms with Crippen molar-refractivity contribution < 1.29 is 4.92 Å². The lowest BCUT2D eigenvalue weighted by Gasteiger charge is -2.21. The van der Waals surface area contributed by atoms with Crippen LogP contribution in [0.5, 0.6) is 0 Å². The Hall–Kier alpha value is -3.80. The van der Waals surface area contributed by atoms with E-state index in [9.17, 15) is 10.1 Å². The van der Waals surface area contributed by atoms with Crippen LogP contribution in [0.2, 0.25) is 0 Å². The molecule has 146 valence electrons. The Morgan fingerprint density at radius 2 is 1.38 bits per heavy atom. The molecule has 0 unspecified atom stereocenters. The van der Waals surface area contributed by atoms with Crippen molar-refractivity contribution in [3.05, 3.63) is 95.6 Å². The van der Waals surface area contributed by atoms with Gasteiger partial charge in [-0.3, -0.25) is 10.1 Å². The van der Waals surface area contributed by atoms with Gasteiger partial charge in [-0.15, -0.1) is 6.58 Å². The van der Waals surface area contributed by atoms with Gasteiger partial charge in [-0.05, 0) is 66.6 Å². The van der Waals surface area contributed by atoms with Crippen LogP contribution in [-0.4, -0.2) is 18.0 Å². The fraction of sp³-hybridized carbons (Fsp3) is 0.130. The number of non-ortho nitro benzene ring substituents is 1. The van der Waals surface area contributed by atoms with Crippen molar-refractivity contribution in [3.8, 4) is 11.1 Å². The van der Waals surface area contributed by atoms with Crippen LogP contribution in [-0.2, 0) is 0 Å². The minimum atomic E-state index is -0.404. The quantitative estimate of drug-likeness (QED) is 0.187. The lowest BCUT2D eigenvalue weighted by Crippen LogP contribution is -2.22. The van der Waals surface area contributed by atoms with Gasteiger partial charge in [0, 0.05) is 30.9 Å². The predicted molar refractivity (Wildman–Crippen MR) is 117 cm³/mol. The van der Waals surface area contributed by atoms with Gasteiger partial charge in [-0.1, -0.05) is 18.2 Å². The van der Waals surface area contributed by atoms with E-state index in [2.05, 4.69) is 28.6 Å². The highest BCUT2D eigenvalue weighted by Gasteiger charge is 2.05. The lowest BCUT2D eigenvalue weighted by atomic mass is 10.1. The smallest absolute Gasteiger partial charge is 0.269 e. The second kappa shape index (κ2) is 9.41. The van der Waals surface area contributed by atoms with Crippen molar-refractivity contribution in [2.45, 2.75) is 6.92 Å². The molecule has 0 heterocycles. The van der Waals surface area contributed by atoms with E-state index in [-0.39, 0.29) is 5.69 Å². The fourth-order valence-electron chi connectivity index (χ4n) is 2.91. The highest BCUT2D eigenvalue weighted by Crippen LogP contribution is 2.26. The number of nitro groups is 1. The summed E-state index contributed by atoms with van der Waals surface area (Å²) < 4.78 is 0. The summed E-state index contributed by atoms with van der Waals surface area (Å²) in [6, 6.07) is 22.0. The van der Waals surface area contributed by atoms with E-state index in [1.807, 2.05) is 54.6 Å². The molecule has 0 fully saturated rings. The monoisotopic (exact) mass is 386 g/mol. The molecule has 0 aliphatic heterocycles. The molecule has 29 heavy (non-hydrogen) atoms. The number of hydrogen-bond acceptors (Lipinski definition) is 5. The maximum Gasteiger partial charge on any atom is 0.269 e. The van der Waals surface area contributed by atoms with Crippen molar-refractivity contribution in [1.29, 1.82) is 0 Å². The molecule has 0 bridgehead atoms. The van der Waals surface area contributed by atoms with Crippen molar-refractivity contribution >= 4 is 22.7 Å². The summed E-state index contributed by atoms with van der Waals surface area (Å²) in [4.78, 5) is 12.6. The van der Waals surface area contributed by atoms with Crippen molar-refractivity contribution in [2.24, 2.45) is 10.2 Å². The van der Waals surface area contributed by atoms with E-state index in [1.54, 1.807) is 12.1 Å². The Morgan fingerprint density at radius 3 is 1.83 bits per heavy atom.